The van der Waals surface area contributed by atoms with E-state index in [1.165, 1.54) is 0 Å². The van der Waals surface area contributed by atoms with Crippen molar-refractivity contribution in [2.24, 2.45) is 0 Å². The summed E-state index contributed by atoms with van der Waals surface area (Å²) < 4.78 is 0. The van der Waals surface area contributed by atoms with Crippen LogP contribution in [0.5, 0.6) is 5.75 Å². The van der Waals surface area contributed by atoms with Crippen LogP contribution in [0.25, 0.3) is 21.6 Å². The zero-order valence-electron chi connectivity index (χ0n) is 12.1. The van der Waals surface area contributed by atoms with Gasteiger partial charge in [-0.05, 0) is 23.6 Å². The van der Waals surface area contributed by atoms with E-state index < -0.39 is 0 Å². The van der Waals surface area contributed by atoms with Crippen LogP contribution in [0.1, 0.15) is 0 Å². The van der Waals surface area contributed by atoms with Crippen molar-refractivity contribution in [2.75, 3.05) is 5.32 Å². The summed E-state index contributed by atoms with van der Waals surface area (Å²) >= 11 is 1.58. The van der Waals surface area contributed by atoms with Crippen LogP contribution in [-0.2, 0) is 0 Å². The predicted octanol–water partition coefficient (Wildman–Crippen LogP) is 4.81. The van der Waals surface area contributed by atoms with Gasteiger partial charge in [0.25, 0.3) is 0 Å². The molecule has 0 saturated heterocycles. The number of anilines is 2. The molecule has 0 bridgehead atoms. The number of hydrogen-bond acceptors (Lipinski definition) is 5. The first-order chi connectivity index (χ1) is 11.3. The van der Waals surface area contributed by atoms with E-state index in [-0.39, 0.29) is 5.75 Å². The van der Waals surface area contributed by atoms with Gasteiger partial charge in [0.2, 0.25) is 0 Å². The third-order valence-corrected chi connectivity index (χ3v) is 4.27. The van der Waals surface area contributed by atoms with Gasteiger partial charge in [-0.15, -0.1) is 11.3 Å². The lowest BCUT2D eigenvalue weighted by Gasteiger charge is -2.09. The SMILES string of the molecule is Oc1cccc(Nc2nc(-c3ccccc3)nc3sccc23)c1. The number of aromatic hydroxyl groups is 1. The molecule has 4 aromatic rings. The van der Waals surface area contributed by atoms with Crippen LogP contribution < -0.4 is 5.32 Å². The van der Waals surface area contributed by atoms with Crippen LogP contribution in [0, 0.1) is 0 Å². The van der Waals surface area contributed by atoms with Crippen molar-refractivity contribution in [3.63, 3.8) is 0 Å². The molecular weight excluding hydrogens is 306 g/mol. The Morgan fingerprint density at radius 3 is 2.61 bits per heavy atom. The molecule has 23 heavy (non-hydrogen) atoms. The first-order valence-corrected chi connectivity index (χ1v) is 8.04. The van der Waals surface area contributed by atoms with E-state index in [2.05, 4.69) is 15.3 Å². The summed E-state index contributed by atoms with van der Waals surface area (Å²) in [6.45, 7) is 0. The minimum absolute atomic E-state index is 0.217. The van der Waals surface area contributed by atoms with Gasteiger partial charge >= 0.3 is 0 Å². The van der Waals surface area contributed by atoms with Crippen LogP contribution in [0.3, 0.4) is 0 Å². The number of aromatic nitrogens is 2. The zero-order chi connectivity index (χ0) is 15.6. The zero-order valence-corrected chi connectivity index (χ0v) is 12.9. The van der Waals surface area contributed by atoms with Gasteiger partial charge < -0.3 is 10.4 Å². The minimum Gasteiger partial charge on any atom is -0.508 e. The van der Waals surface area contributed by atoms with Gasteiger partial charge in [0.1, 0.15) is 16.4 Å². The van der Waals surface area contributed by atoms with Crippen LogP contribution >= 0.6 is 11.3 Å². The number of fused-ring (bicyclic) bond motifs is 1. The molecule has 4 nitrogen and oxygen atoms in total. The second kappa shape index (κ2) is 5.70. The summed E-state index contributed by atoms with van der Waals surface area (Å²) in [6.07, 6.45) is 0. The first-order valence-electron chi connectivity index (χ1n) is 7.16. The van der Waals surface area contributed by atoms with Gasteiger partial charge in [-0.3, -0.25) is 0 Å². The summed E-state index contributed by atoms with van der Waals surface area (Å²) in [6, 6.07) is 18.9. The molecule has 0 aliphatic rings. The Morgan fingerprint density at radius 2 is 1.78 bits per heavy atom. The Kier molecular flexibility index (Phi) is 3.40. The maximum Gasteiger partial charge on any atom is 0.163 e. The van der Waals surface area contributed by atoms with Gasteiger partial charge in [0.05, 0.1) is 5.39 Å². The molecule has 2 heterocycles. The van der Waals surface area contributed by atoms with E-state index in [9.17, 15) is 5.11 Å². The molecule has 0 spiro atoms. The molecule has 2 aromatic carbocycles. The van der Waals surface area contributed by atoms with Crippen molar-refractivity contribution < 1.29 is 5.11 Å². The molecule has 0 aliphatic heterocycles. The molecule has 0 saturated carbocycles. The van der Waals surface area contributed by atoms with Crippen LogP contribution in [0.4, 0.5) is 11.5 Å². The lowest BCUT2D eigenvalue weighted by molar-refractivity contribution is 0.475. The Balaban J connectivity index is 1.83. The fourth-order valence-corrected chi connectivity index (χ4v) is 3.15. The van der Waals surface area contributed by atoms with Crippen molar-refractivity contribution in [1.82, 2.24) is 9.97 Å². The molecule has 0 amide bonds. The minimum atomic E-state index is 0.217. The number of nitrogens with zero attached hydrogens (tertiary/aromatic N) is 2. The van der Waals surface area contributed by atoms with Gasteiger partial charge in [0, 0.05) is 17.3 Å². The topological polar surface area (TPSA) is 58.0 Å². The van der Waals surface area contributed by atoms with Gasteiger partial charge in [-0.2, -0.15) is 0 Å². The molecular formula is C18H13N3OS. The summed E-state index contributed by atoms with van der Waals surface area (Å²) in [4.78, 5) is 10.2. The molecule has 2 aromatic heterocycles. The highest BCUT2D eigenvalue weighted by Gasteiger charge is 2.10. The number of thiophene rings is 1. The standard InChI is InChI=1S/C18H13N3OS/c22-14-8-4-7-13(11-14)19-17-15-9-10-23-18(15)21-16(20-17)12-5-2-1-3-6-12/h1-11,22H,(H,19,20,21). The van der Waals surface area contributed by atoms with Crippen molar-refractivity contribution in [1.29, 1.82) is 0 Å². The Morgan fingerprint density at radius 1 is 0.913 bits per heavy atom. The quantitative estimate of drug-likeness (QED) is 0.569. The molecule has 0 fully saturated rings. The van der Waals surface area contributed by atoms with Gasteiger partial charge in [-0.1, -0.05) is 36.4 Å². The highest BCUT2D eigenvalue weighted by molar-refractivity contribution is 7.16. The van der Waals surface area contributed by atoms with Gasteiger partial charge in [-0.25, -0.2) is 9.97 Å². The summed E-state index contributed by atoms with van der Waals surface area (Å²) in [5, 5.41) is 15.9. The second-order valence-electron chi connectivity index (χ2n) is 5.08. The Bertz CT molecular complexity index is 966. The van der Waals surface area contributed by atoms with Crippen LogP contribution in [0.2, 0.25) is 0 Å². The van der Waals surface area contributed by atoms with Crippen molar-refractivity contribution >= 4 is 33.1 Å². The largest absolute Gasteiger partial charge is 0.508 e. The maximum atomic E-state index is 9.63. The predicted molar refractivity (Wildman–Crippen MR) is 94.2 cm³/mol. The smallest absolute Gasteiger partial charge is 0.163 e. The lowest BCUT2D eigenvalue weighted by Crippen LogP contribution is -1.97. The number of phenolic OH excluding ortho intramolecular Hbond substituents is 1. The van der Waals surface area contributed by atoms with Crippen molar-refractivity contribution in [3.05, 3.63) is 66.0 Å². The van der Waals surface area contributed by atoms with E-state index in [4.69, 9.17) is 0 Å². The molecule has 0 unspecified atom stereocenters. The number of benzene rings is 2. The number of nitrogens with one attached hydrogen (secondary N) is 1. The monoisotopic (exact) mass is 319 g/mol. The summed E-state index contributed by atoms with van der Waals surface area (Å²) in [5.41, 5.74) is 1.76. The molecule has 0 atom stereocenters. The summed E-state index contributed by atoms with van der Waals surface area (Å²) in [5.74, 6) is 1.64. The normalized spacial score (nSPS) is 10.8. The van der Waals surface area contributed by atoms with E-state index in [1.54, 1.807) is 29.5 Å². The third kappa shape index (κ3) is 2.74. The van der Waals surface area contributed by atoms with E-state index in [0.717, 1.165) is 27.3 Å². The molecule has 0 radical (unpaired) electrons. The van der Waals surface area contributed by atoms with Gasteiger partial charge in [0.15, 0.2) is 5.82 Å². The van der Waals surface area contributed by atoms with Crippen LogP contribution in [-0.4, -0.2) is 15.1 Å². The van der Waals surface area contributed by atoms with Crippen molar-refractivity contribution in [3.8, 4) is 17.1 Å². The van der Waals surface area contributed by atoms with E-state index >= 15 is 0 Å². The highest BCUT2D eigenvalue weighted by Crippen LogP contribution is 2.30. The van der Waals surface area contributed by atoms with Crippen LogP contribution in [0.15, 0.2) is 66.0 Å². The highest BCUT2D eigenvalue weighted by atomic mass is 32.1. The molecule has 112 valence electrons. The molecule has 4 rings (SSSR count). The average molecular weight is 319 g/mol. The molecule has 0 aliphatic carbocycles. The lowest BCUT2D eigenvalue weighted by atomic mass is 10.2. The average Bonchev–Trinajstić information content (AvgIpc) is 3.04. The van der Waals surface area contributed by atoms with E-state index in [1.807, 2.05) is 47.8 Å². The molecule has 2 N–H and O–H groups in total. The molecule has 5 heteroatoms. The number of phenols is 1. The first kappa shape index (κ1) is 13.7. The number of rotatable bonds is 3. The van der Waals surface area contributed by atoms with Crippen molar-refractivity contribution in [2.45, 2.75) is 0 Å². The fraction of sp³-hybridized carbons (Fsp3) is 0. The third-order valence-electron chi connectivity index (χ3n) is 3.47. The Hall–Kier alpha value is -2.92. The second-order valence-corrected chi connectivity index (χ2v) is 5.97. The van der Waals surface area contributed by atoms with E-state index in [0.29, 0.717) is 5.82 Å². The summed E-state index contributed by atoms with van der Waals surface area (Å²) in [7, 11) is 0. The fourth-order valence-electron chi connectivity index (χ4n) is 2.39. The number of hydrogen-bond donors (Lipinski definition) is 2. The Labute approximate surface area is 137 Å². The maximum absolute atomic E-state index is 9.63.